The van der Waals surface area contributed by atoms with Gasteiger partial charge in [-0.3, -0.25) is 4.79 Å². The van der Waals surface area contributed by atoms with Gasteiger partial charge in [-0.25, -0.2) is 0 Å². The molecule has 3 nitrogen and oxygen atoms in total. The molecule has 1 amide bonds. The van der Waals surface area contributed by atoms with Gasteiger partial charge in [0, 0.05) is 24.2 Å². The van der Waals surface area contributed by atoms with Crippen molar-refractivity contribution in [3.05, 3.63) is 34.9 Å². The van der Waals surface area contributed by atoms with Gasteiger partial charge in [0.15, 0.2) is 0 Å². The first kappa shape index (κ1) is 15.3. The molecule has 0 aliphatic heterocycles. The average molecular weight is 259 g/mol. The van der Waals surface area contributed by atoms with E-state index in [1.807, 2.05) is 33.0 Å². The van der Waals surface area contributed by atoms with Crippen molar-refractivity contribution in [2.45, 2.75) is 33.2 Å². The van der Waals surface area contributed by atoms with Crippen molar-refractivity contribution >= 4 is 5.91 Å². The van der Waals surface area contributed by atoms with E-state index in [-0.39, 0.29) is 18.6 Å². The lowest BCUT2D eigenvalue weighted by atomic mass is 10.0. The lowest BCUT2D eigenvalue weighted by Gasteiger charge is -2.24. The first-order valence-corrected chi connectivity index (χ1v) is 6.48. The van der Waals surface area contributed by atoms with Crippen molar-refractivity contribution in [3.8, 4) is 11.8 Å². The summed E-state index contributed by atoms with van der Waals surface area (Å²) < 4.78 is 0. The van der Waals surface area contributed by atoms with Crippen LogP contribution in [0, 0.1) is 18.8 Å². The standard InChI is InChI=1S/C16H21NO2/c1-5-13(3)17(4)16(19)15-9-8-14(7-6-10-18)12(2)11-15/h8-9,11,13,18H,5,10H2,1-4H3. The monoisotopic (exact) mass is 259 g/mol. The molecule has 1 atom stereocenters. The Bertz CT molecular complexity index is 511. The number of aryl methyl sites for hydroxylation is 1. The quantitative estimate of drug-likeness (QED) is 0.845. The third-order valence-corrected chi connectivity index (χ3v) is 3.35. The average Bonchev–Trinajstić information content (AvgIpc) is 2.43. The zero-order valence-corrected chi connectivity index (χ0v) is 12.0. The molecule has 0 aliphatic rings. The highest BCUT2D eigenvalue weighted by atomic mass is 16.2. The van der Waals surface area contributed by atoms with Crippen LogP contribution in [0.5, 0.6) is 0 Å². The van der Waals surface area contributed by atoms with Crippen LogP contribution in [0.3, 0.4) is 0 Å². The summed E-state index contributed by atoms with van der Waals surface area (Å²) >= 11 is 0. The minimum Gasteiger partial charge on any atom is -0.384 e. The van der Waals surface area contributed by atoms with Crippen molar-refractivity contribution in [3.63, 3.8) is 0 Å². The van der Waals surface area contributed by atoms with Crippen LogP contribution in [0.1, 0.15) is 41.8 Å². The highest BCUT2D eigenvalue weighted by Crippen LogP contribution is 2.13. The Morgan fingerprint density at radius 2 is 2.16 bits per heavy atom. The van der Waals surface area contributed by atoms with E-state index in [4.69, 9.17) is 5.11 Å². The number of carbonyl (C=O) groups excluding carboxylic acids is 1. The number of nitrogens with zero attached hydrogens (tertiary/aromatic N) is 1. The molecule has 102 valence electrons. The minimum absolute atomic E-state index is 0.0270. The van der Waals surface area contributed by atoms with Crippen molar-refractivity contribution in [1.29, 1.82) is 0 Å². The molecule has 1 aromatic rings. The molecular formula is C16H21NO2. The molecule has 0 bridgehead atoms. The lowest BCUT2D eigenvalue weighted by molar-refractivity contribution is 0.0740. The zero-order valence-electron chi connectivity index (χ0n) is 12.0. The van der Waals surface area contributed by atoms with Crippen molar-refractivity contribution < 1.29 is 9.90 Å². The maximum absolute atomic E-state index is 12.3. The first-order chi connectivity index (χ1) is 9.01. The zero-order chi connectivity index (χ0) is 14.4. The first-order valence-electron chi connectivity index (χ1n) is 6.48. The van der Waals surface area contributed by atoms with Gasteiger partial charge < -0.3 is 10.0 Å². The van der Waals surface area contributed by atoms with Crippen molar-refractivity contribution in [2.75, 3.05) is 13.7 Å². The van der Waals surface area contributed by atoms with Gasteiger partial charge in [-0.15, -0.1) is 0 Å². The molecule has 1 unspecified atom stereocenters. The molecule has 1 rings (SSSR count). The predicted molar refractivity (Wildman–Crippen MR) is 77.0 cm³/mol. The molecule has 1 N–H and O–H groups in total. The fourth-order valence-corrected chi connectivity index (χ4v) is 1.75. The second-order valence-electron chi connectivity index (χ2n) is 4.66. The normalized spacial score (nSPS) is 11.4. The smallest absolute Gasteiger partial charge is 0.253 e. The number of amides is 1. The number of benzene rings is 1. The molecule has 0 aromatic heterocycles. The van der Waals surface area contributed by atoms with Crippen LogP contribution in [0.4, 0.5) is 0 Å². The third kappa shape index (κ3) is 3.84. The van der Waals surface area contributed by atoms with Crippen LogP contribution in [0.25, 0.3) is 0 Å². The minimum atomic E-state index is -0.156. The SMILES string of the molecule is CCC(C)N(C)C(=O)c1ccc(C#CCO)c(C)c1. The highest BCUT2D eigenvalue weighted by molar-refractivity contribution is 5.94. The fourth-order valence-electron chi connectivity index (χ4n) is 1.75. The molecule has 0 saturated heterocycles. The maximum Gasteiger partial charge on any atom is 0.253 e. The summed E-state index contributed by atoms with van der Waals surface area (Å²) in [7, 11) is 1.82. The number of aliphatic hydroxyl groups excluding tert-OH is 1. The molecule has 0 radical (unpaired) electrons. The molecule has 0 saturated carbocycles. The van der Waals surface area contributed by atoms with Crippen LogP contribution in [-0.4, -0.2) is 35.6 Å². The summed E-state index contributed by atoms with van der Waals surface area (Å²) in [5, 5.41) is 8.69. The van der Waals surface area contributed by atoms with Gasteiger partial charge in [0.2, 0.25) is 0 Å². The van der Waals surface area contributed by atoms with Crippen LogP contribution in [0.15, 0.2) is 18.2 Å². The van der Waals surface area contributed by atoms with Gasteiger partial charge in [0.1, 0.15) is 6.61 Å². The Hall–Kier alpha value is -1.79. The van der Waals surface area contributed by atoms with Crippen LogP contribution >= 0.6 is 0 Å². The molecule has 19 heavy (non-hydrogen) atoms. The summed E-state index contributed by atoms with van der Waals surface area (Å²) in [6.45, 7) is 5.86. The topological polar surface area (TPSA) is 40.5 Å². The van der Waals surface area contributed by atoms with E-state index < -0.39 is 0 Å². The van der Waals surface area contributed by atoms with E-state index in [0.29, 0.717) is 5.56 Å². The van der Waals surface area contributed by atoms with Crippen molar-refractivity contribution in [2.24, 2.45) is 0 Å². The molecule has 1 aromatic carbocycles. The summed E-state index contributed by atoms with van der Waals surface area (Å²) in [6.07, 6.45) is 0.932. The van der Waals surface area contributed by atoms with Crippen LogP contribution in [0.2, 0.25) is 0 Å². The van der Waals surface area contributed by atoms with Gasteiger partial charge in [0.05, 0.1) is 0 Å². The molecular weight excluding hydrogens is 238 g/mol. The van der Waals surface area contributed by atoms with E-state index in [0.717, 1.165) is 17.5 Å². The summed E-state index contributed by atoms with van der Waals surface area (Å²) in [5.74, 6) is 5.51. The molecule has 3 heteroatoms. The molecule has 0 spiro atoms. The van der Waals surface area contributed by atoms with E-state index in [2.05, 4.69) is 18.8 Å². The summed E-state index contributed by atoms with van der Waals surface area (Å²) in [5.41, 5.74) is 2.47. The summed E-state index contributed by atoms with van der Waals surface area (Å²) in [6, 6.07) is 5.69. The van der Waals surface area contributed by atoms with Gasteiger partial charge in [-0.2, -0.15) is 0 Å². The largest absolute Gasteiger partial charge is 0.384 e. The molecule has 0 fully saturated rings. The van der Waals surface area contributed by atoms with Crippen LogP contribution in [-0.2, 0) is 0 Å². The Morgan fingerprint density at radius 3 is 2.68 bits per heavy atom. The fraction of sp³-hybridized carbons (Fsp3) is 0.438. The molecule has 0 aliphatic carbocycles. The number of hydrogen-bond acceptors (Lipinski definition) is 2. The second kappa shape index (κ2) is 6.96. The van der Waals surface area contributed by atoms with Gasteiger partial charge in [-0.1, -0.05) is 18.8 Å². The van der Waals surface area contributed by atoms with E-state index in [1.165, 1.54) is 0 Å². The molecule has 0 heterocycles. The van der Waals surface area contributed by atoms with E-state index in [9.17, 15) is 4.79 Å². The predicted octanol–water partition coefficient (Wildman–Crippen LogP) is 2.21. The van der Waals surface area contributed by atoms with Gasteiger partial charge >= 0.3 is 0 Å². The summed E-state index contributed by atoms with van der Waals surface area (Å²) in [4.78, 5) is 14.0. The van der Waals surface area contributed by atoms with Crippen LogP contribution < -0.4 is 0 Å². The number of rotatable bonds is 3. The Labute approximate surface area is 115 Å². The van der Waals surface area contributed by atoms with E-state index >= 15 is 0 Å². The van der Waals surface area contributed by atoms with Gasteiger partial charge in [0.25, 0.3) is 5.91 Å². The maximum atomic E-state index is 12.3. The van der Waals surface area contributed by atoms with Gasteiger partial charge in [-0.05, 0) is 44.0 Å². The van der Waals surface area contributed by atoms with Crippen molar-refractivity contribution in [1.82, 2.24) is 4.90 Å². The highest BCUT2D eigenvalue weighted by Gasteiger charge is 2.16. The Balaban J connectivity index is 2.98. The lowest BCUT2D eigenvalue weighted by Crippen LogP contribution is -2.34. The Kier molecular flexibility index (Phi) is 5.59. The number of hydrogen-bond donors (Lipinski definition) is 1. The third-order valence-electron chi connectivity index (χ3n) is 3.35. The number of aliphatic hydroxyl groups is 1. The second-order valence-corrected chi connectivity index (χ2v) is 4.66. The number of carbonyl (C=O) groups is 1. The Morgan fingerprint density at radius 1 is 1.47 bits per heavy atom. The van der Waals surface area contributed by atoms with E-state index in [1.54, 1.807) is 11.0 Å².